The van der Waals surface area contributed by atoms with Gasteiger partial charge in [-0.1, -0.05) is 39.4 Å². The van der Waals surface area contributed by atoms with E-state index in [9.17, 15) is 0 Å². The zero-order valence-corrected chi connectivity index (χ0v) is 12.3. The molecule has 94 valence electrons. The van der Waals surface area contributed by atoms with Crippen molar-refractivity contribution < 1.29 is 0 Å². The van der Waals surface area contributed by atoms with E-state index in [1.165, 1.54) is 12.8 Å². The maximum Gasteiger partial charge on any atom is 0.147 e. The summed E-state index contributed by atoms with van der Waals surface area (Å²) in [5, 5.41) is 14.1. The SMILES string of the molecule is Brc1cccc(-c2nnc(CCNC3CC3)s2)c1. The van der Waals surface area contributed by atoms with Gasteiger partial charge in [0.2, 0.25) is 0 Å². The number of nitrogens with one attached hydrogen (secondary N) is 1. The summed E-state index contributed by atoms with van der Waals surface area (Å²) in [5.74, 6) is 0. The van der Waals surface area contributed by atoms with E-state index in [0.717, 1.165) is 39.1 Å². The minimum Gasteiger partial charge on any atom is -0.314 e. The molecule has 0 saturated heterocycles. The summed E-state index contributed by atoms with van der Waals surface area (Å²) in [6, 6.07) is 8.95. The Morgan fingerprint density at radius 1 is 1.33 bits per heavy atom. The van der Waals surface area contributed by atoms with Crippen LogP contribution in [0.25, 0.3) is 10.6 Å². The van der Waals surface area contributed by atoms with E-state index in [-0.39, 0.29) is 0 Å². The van der Waals surface area contributed by atoms with Gasteiger partial charge in [-0.15, -0.1) is 10.2 Å². The molecule has 0 atom stereocenters. The summed E-state index contributed by atoms with van der Waals surface area (Å²) >= 11 is 5.16. The van der Waals surface area contributed by atoms with Gasteiger partial charge in [-0.2, -0.15) is 0 Å². The summed E-state index contributed by atoms with van der Waals surface area (Å²) in [4.78, 5) is 0. The number of halogens is 1. The zero-order valence-electron chi connectivity index (χ0n) is 9.90. The van der Waals surface area contributed by atoms with Gasteiger partial charge >= 0.3 is 0 Å². The topological polar surface area (TPSA) is 37.8 Å². The summed E-state index contributed by atoms with van der Waals surface area (Å²) in [5.41, 5.74) is 1.13. The van der Waals surface area contributed by atoms with Crippen LogP contribution in [0.1, 0.15) is 17.8 Å². The van der Waals surface area contributed by atoms with E-state index < -0.39 is 0 Å². The molecule has 1 aliphatic rings. The van der Waals surface area contributed by atoms with Crippen LogP contribution in [0.5, 0.6) is 0 Å². The van der Waals surface area contributed by atoms with E-state index >= 15 is 0 Å². The number of nitrogens with zero attached hydrogens (tertiary/aromatic N) is 2. The molecule has 18 heavy (non-hydrogen) atoms. The van der Waals surface area contributed by atoms with Crippen molar-refractivity contribution in [2.45, 2.75) is 25.3 Å². The third-order valence-electron chi connectivity index (χ3n) is 2.89. The van der Waals surface area contributed by atoms with Gasteiger partial charge in [0.05, 0.1) is 0 Å². The molecule has 1 aliphatic carbocycles. The van der Waals surface area contributed by atoms with Gasteiger partial charge in [0.25, 0.3) is 0 Å². The van der Waals surface area contributed by atoms with Gasteiger partial charge < -0.3 is 5.32 Å². The van der Waals surface area contributed by atoms with Crippen molar-refractivity contribution in [2.75, 3.05) is 6.54 Å². The Kier molecular flexibility index (Phi) is 3.72. The minimum absolute atomic E-state index is 0.766. The van der Waals surface area contributed by atoms with Crippen LogP contribution in [-0.4, -0.2) is 22.8 Å². The van der Waals surface area contributed by atoms with E-state index in [0.29, 0.717) is 0 Å². The Morgan fingerprint density at radius 2 is 2.22 bits per heavy atom. The molecule has 0 amide bonds. The molecule has 0 spiro atoms. The average molecular weight is 324 g/mol. The molecule has 0 bridgehead atoms. The molecule has 1 saturated carbocycles. The fourth-order valence-corrected chi connectivity index (χ4v) is 3.00. The highest BCUT2D eigenvalue weighted by molar-refractivity contribution is 9.10. The molecule has 0 aliphatic heterocycles. The second-order valence-corrected chi connectivity index (χ2v) is 6.47. The molecule has 3 nitrogen and oxygen atoms in total. The summed E-state index contributed by atoms with van der Waals surface area (Å²) in [6.45, 7) is 1.01. The van der Waals surface area contributed by atoms with Gasteiger partial charge in [-0.3, -0.25) is 0 Å². The van der Waals surface area contributed by atoms with Crippen LogP contribution < -0.4 is 5.32 Å². The van der Waals surface area contributed by atoms with Crippen molar-refractivity contribution in [3.05, 3.63) is 33.7 Å². The quantitative estimate of drug-likeness (QED) is 0.917. The second kappa shape index (κ2) is 5.47. The Morgan fingerprint density at radius 3 is 3.00 bits per heavy atom. The lowest BCUT2D eigenvalue weighted by molar-refractivity contribution is 0.677. The minimum atomic E-state index is 0.766. The van der Waals surface area contributed by atoms with E-state index in [4.69, 9.17) is 0 Å². The first-order valence-corrected chi connectivity index (χ1v) is 7.74. The molecule has 0 radical (unpaired) electrons. The van der Waals surface area contributed by atoms with E-state index in [1.54, 1.807) is 11.3 Å². The molecule has 2 aromatic rings. The molecular formula is C13H14BrN3S. The first kappa shape index (κ1) is 12.3. The van der Waals surface area contributed by atoms with Crippen LogP contribution in [0, 0.1) is 0 Å². The third kappa shape index (κ3) is 3.16. The predicted octanol–water partition coefficient (Wildman–Crippen LogP) is 3.26. The van der Waals surface area contributed by atoms with Crippen LogP contribution >= 0.6 is 27.3 Å². The van der Waals surface area contributed by atoms with Gasteiger partial charge in [0.15, 0.2) is 0 Å². The van der Waals surface area contributed by atoms with Crippen molar-refractivity contribution in [1.29, 1.82) is 0 Å². The number of benzene rings is 1. The summed E-state index contributed by atoms with van der Waals surface area (Å²) < 4.78 is 1.08. The van der Waals surface area contributed by atoms with Crippen LogP contribution in [0.2, 0.25) is 0 Å². The second-order valence-electron chi connectivity index (χ2n) is 4.49. The third-order valence-corrected chi connectivity index (χ3v) is 4.41. The molecule has 1 N–H and O–H groups in total. The van der Waals surface area contributed by atoms with E-state index in [1.807, 2.05) is 12.1 Å². The molecule has 5 heteroatoms. The summed E-state index contributed by atoms with van der Waals surface area (Å²) in [7, 11) is 0. The maximum atomic E-state index is 4.26. The Bertz CT molecular complexity index is 537. The average Bonchev–Trinajstić information content (AvgIpc) is 3.06. The fraction of sp³-hybridized carbons (Fsp3) is 0.385. The highest BCUT2D eigenvalue weighted by Gasteiger charge is 2.19. The monoisotopic (exact) mass is 323 g/mol. The molecule has 0 unspecified atom stereocenters. The highest BCUT2D eigenvalue weighted by Crippen LogP contribution is 2.26. The van der Waals surface area contributed by atoms with Crippen LogP contribution in [0.3, 0.4) is 0 Å². The van der Waals surface area contributed by atoms with Crippen LogP contribution in [0.4, 0.5) is 0 Å². The lowest BCUT2D eigenvalue weighted by Gasteiger charge is -1.98. The Hall–Kier alpha value is -0.780. The Balaban J connectivity index is 1.64. The fourth-order valence-electron chi connectivity index (χ4n) is 1.76. The zero-order chi connectivity index (χ0) is 12.4. The summed E-state index contributed by atoms with van der Waals surface area (Å²) in [6.07, 6.45) is 3.64. The lowest BCUT2D eigenvalue weighted by atomic mass is 10.2. The van der Waals surface area contributed by atoms with Crippen molar-refractivity contribution in [1.82, 2.24) is 15.5 Å². The predicted molar refractivity (Wildman–Crippen MR) is 77.8 cm³/mol. The van der Waals surface area contributed by atoms with Crippen molar-refractivity contribution in [2.24, 2.45) is 0 Å². The lowest BCUT2D eigenvalue weighted by Crippen LogP contribution is -2.19. The highest BCUT2D eigenvalue weighted by atomic mass is 79.9. The molecule has 1 aromatic heterocycles. The standard InChI is InChI=1S/C13H14BrN3S/c14-10-3-1-2-9(8-10)13-17-16-12(18-13)6-7-15-11-4-5-11/h1-3,8,11,15H,4-7H2. The van der Waals surface area contributed by atoms with Gasteiger partial charge in [0.1, 0.15) is 10.0 Å². The van der Waals surface area contributed by atoms with Crippen molar-refractivity contribution in [3.8, 4) is 10.6 Å². The largest absolute Gasteiger partial charge is 0.314 e. The van der Waals surface area contributed by atoms with Crippen molar-refractivity contribution >= 4 is 27.3 Å². The number of hydrogen-bond donors (Lipinski definition) is 1. The van der Waals surface area contributed by atoms with Gasteiger partial charge in [0, 0.05) is 29.0 Å². The molecule has 1 heterocycles. The van der Waals surface area contributed by atoms with E-state index in [2.05, 4.69) is 43.6 Å². The van der Waals surface area contributed by atoms with Crippen LogP contribution in [-0.2, 0) is 6.42 Å². The Labute approximate surface area is 119 Å². The van der Waals surface area contributed by atoms with Crippen molar-refractivity contribution in [3.63, 3.8) is 0 Å². The van der Waals surface area contributed by atoms with Crippen LogP contribution in [0.15, 0.2) is 28.7 Å². The molecule has 1 fully saturated rings. The normalized spacial score (nSPS) is 14.9. The van der Waals surface area contributed by atoms with Gasteiger partial charge in [-0.25, -0.2) is 0 Å². The first-order chi connectivity index (χ1) is 8.81. The molecule has 3 rings (SSSR count). The molecule has 1 aromatic carbocycles. The number of aromatic nitrogens is 2. The van der Waals surface area contributed by atoms with Gasteiger partial charge in [-0.05, 0) is 25.0 Å². The number of hydrogen-bond acceptors (Lipinski definition) is 4. The maximum absolute atomic E-state index is 4.26. The smallest absolute Gasteiger partial charge is 0.147 e. The molecular weight excluding hydrogens is 310 g/mol. The first-order valence-electron chi connectivity index (χ1n) is 6.13. The number of rotatable bonds is 5.